The van der Waals surface area contributed by atoms with Gasteiger partial charge < -0.3 is 4.90 Å². The number of benzene rings is 1. The molecular weight excluding hydrogens is 264 g/mol. The summed E-state index contributed by atoms with van der Waals surface area (Å²) in [6, 6.07) is 8.91. The summed E-state index contributed by atoms with van der Waals surface area (Å²) >= 11 is 2.09. The van der Waals surface area contributed by atoms with E-state index in [2.05, 4.69) is 59.7 Å². The van der Waals surface area contributed by atoms with Gasteiger partial charge in [-0.05, 0) is 24.0 Å². The van der Waals surface area contributed by atoms with Crippen molar-refractivity contribution in [1.82, 2.24) is 9.80 Å². The van der Waals surface area contributed by atoms with E-state index in [0.29, 0.717) is 0 Å². The first-order chi connectivity index (χ1) is 9.70. The molecule has 1 unspecified atom stereocenters. The van der Waals surface area contributed by atoms with E-state index in [9.17, 15) is 0 Å². The molecule has 0 amide bonds. The molecule has 2 aliphatic rings. The van der Waals surface area contributed by atoms with Crippen LogP contribution in [-0.4, -0.2) is 54.3 Å². The zero-order valence-electron chi connectivity index (χ0n) is 12.7. The van der Waals surface area contributed by atoms with Crippen LogP contribution in [0.4, 0.5) is 0 Å². The Morgan fingerprint density at radius 3 is 2.50 bits per heavy atom. The maximum atomic E-state index is 2.67. The third kappa shape index (κ3) is 3.57. The van der Waals surface area contributed by atoms with Crippen LogP contribution >= 0.6 is 11.8 Å². The van der Waals surface area contributed by atoms with Gasteiger partial charge in [-0.3, -0.25) is 4.90 Å². The Labute approximate surface area is 127 Å². The van der Waals surface area contributed by atoms with Crippen LogP contribution in [0.3, 0.4) is 0 Å². The fourth-order valence-corrected chi connectivity index (χ4v) is 4.68. The lowest BCUT2D eigenvalue weighted by Gasteiger charge is -2.36. The van der Waals surface area contributed by atoms with Crippen molar-refractivity contribution in [3.05, 3.63) is 29.8 Å². The van der Waals surface area contributed by atoms with Gasteiger partial charge in [0, 0.05) is 49.4 Å². The molecular formula is C17H26N2S. The second kappa shape index (κ2) is 6.50. The molecule has 1 saturated heterocycles. The maximum absolute atomic E-state index is 2.67. The van der Waals surface area contributed by atoms with Crippen molar-refractivity contribution in [3.63, 3.8) is 0 Å². The van der Waals surface area contributed by atoms with Crippen LogP contribution in [0.2, 0.25) is 0 Å². The van der Waals surface area contributed by atoms with Crippen LogP contribution in [-0.2, 0) is 6.42 Å². The lowest BCUT2D eigenvalue weighted by molar-refractivity contribution is 0.123. The van der Waals surface area contributed by atoms with Crippen LogP contribution in [0.15, 0.2) is 29.2 Å². The van der Waals surface area contributed by atoms with Gasteiger partial charge in [-0.25, -0.2) is 0 Å². The fraction of sp³-hybridized carbons (Fsp3) is 0.647. The molecule has 0 aliphatic carbocycles. The van der Waals surface area contributed by atoms with Crippen LogP contribution in [0.25, 0.3) is 0 Å². The summed E-state index contributed by atoms with van der Waals surface area (Å²) < 4.78 is 0. The minimum Gasteiger partial charge on any atom is -0.301 e. The number of nitrogens with zero attached hydrogens (tertiary/aromatic N) is 2. The predicted octanol–water partition coefficient (Wildman–Crippen LogP) is 2.98. The van der Waals surface area contributed by atoms with Crippen molar-refractivity contribution in [1.29, 1.82) is 0 Å². The van der Waals surface area contributed by atoms with Gasteiger partial charge in [0.05, 0.1) is 0 Å². The minimum atomic E-state index is 0.768. The number of hydrogen-bond donors (Lipinski definition) is 0. The highest BCUT2D eigenvalue weighted by Gasteiger charge is 2.25. The molecule has 0 N–H and O–H groups in total. The van der Waals surface area contributed by atoms with Gasteiger partial charge in [-0.1, -0.05) is 32.0 Å². The molecule has 2 heterocycles. The molecule has 0 radical (unpaired) electrons. The lowest BCUT2D eigenvalue weighted by atomic mass is 10.1. The highest BCUT2D eigenvalue weighted by atomic mass is 32.2. The van der Waals surface area contributed by atoms with Gasteiger partial charge in [0.2, 0.25) is 0 Å². The van der Waals surface area contributed by atoms with Crippen molar-refractivity contribution >= 4 is 11.8 Å². The standard InChI is InChI=1S/C17H26N2S/c1-14(2)12-18-7-9-19(10-8-18)13-16-11-15-5-3-4-6-17(15)20-16/h3-6,14,16H,7-13H2,1-2H3. The van der Waals surface area contributed by atoms with E-state index in [1.807, 2.05) is 0 Å². The van der Waals surface area contributed by atoms with Gasteiger partial charge in [0.25, 0.3) is 0 Å². The molecule has 0 bridgehead atoms. The average Bonchev–Trinajstić information content (AvgIpc) is 2.82. The van der Waals surface area contributed by atoms with Crippen molar-refractivity contribution in [2.24, 2.45) is 5.92 Å². The van der Waals surface area contributed by atoms with Crippen LogP contribution in [0.1, 0.15) is 19.4 Å². The summed E-state index contributed by atoms with van der Waals surface area (Å²) in [4.78, 5) is 6.80. The number of fused-ring (bicyclic) bond motifs is 1. The average molecular weight is 290 g/mol. The molecule has 20 heavy (non-hydrogen) atoms. The van der Waals surface area contributed by atoms with Crippen molar-refractivity contribution in [3.8, 4) is 0 Å². The van der Waals surface area contributed by atoms with E-state index < -0.39 is 0 Å². The minimum absolute atomic E-state index is 0.768. The van der Waals surface area contributed by atoms with Gasteiger partial charge in [-0.2, -0.15) is 0 Å². The SMILES string of the molecule is CC(C)CN1CCN(CC2Cc3ccccc3S2)CC1. The Balaban J connectivity index is 1.45. The highest BCUT2D eigenvalue weighted by Crippen LogP contribution is 2.37. The molecule has 3 heteroatoms. The Morgan fingerprint density at radius 2 is 1.80 bits per heavy atom. The first-order valence-electron chi connectivity index (χ1n) is 7.90. The van der Waals surface area contributed by atoms with Crippen molar-refractivity contribution in [2.75, 3.05) is 39.3 Å². The molecule has 1 aromatic carbocycles. The van der Waals surface area contributed by atoms with E-state index in [4.69, 9.17) is 0 Å². The molecule has 0 saturated carbocycles. The number of piperazine rings is 1. The first-order valence-corrected chi connectivity index (χ1v) is 8.78. The van der Waals surface area contributed by atoms with Crippen LogP contribution in [0.5, 0.6) is 0 Å². The van der Waals surface area contributed by atoms with E-state index in [-0.39, 0.29) is 0 Å². The summed E-state index contributed by atoms with van der Waals surface area (Å²) in [7, 11) is 0. The fourth-order valence-electron chi connectivity index (χ4n) is 3.31. The summed E-state index contributed by atoms with van der Waals surface area (Å²) in [6.07, 6.45) is 1.26. The molecule has 1 fully saturated rings. The van der Waals surface area contributed by atoms with E-state index in [1.165, 1.54) is 50.6 Å². The van der Waals surface area contributed by atoms with Crippen molar-refractivity contribution in [2.45, 2.75) is 30.4 Å². The number of rotatable bonds is 4. The second-order valence-electron chi connectivity index (χ2n) is 6.55. The van der Waals surface area contributed by atoms with E-state index >= 15 is 0 Å². The number of hydrogen-bond acceptors (Lipinski definition) is 3. The smallest absolute Gasteiger partial charge is 0.0263 e. The lowest BCUT2D eigenvalue weighted by Crippen LogP contribution is -2.48. The van der Waals surface area contributed by atoms with Gasteiger partial charge in [-0.15, -0.1) is 11.8 Å². The van der Waals surface area contributed by atoms with Gasteiger partial charge >= 0.3 is 0 Å². The quantitative estimate of drug-likeness (QED) is 0.842. The molecule has 0 spiro atoms. The molecule has 1 aromatic rings. The third-order valence-corrected chi connectivity index (χ3v) is 5.57. The topological polar surface area (TPSA) is 6.48 Å². The Kier molecular flexibility index (Phi) is 4.69. The monoisotopic (exact) mass is 290 g/mol. The largest absolute Gasteiger partial charge is 0.301 e. The zero-order valence-corrected chi connectivity index (χ0v) is 13.5. The first kappa shape index (κ1) is 14.4. The summed E-state index contributed by atoms with van der Waals surface area (Å²) in [5.41, 5.74) is 1.56. The van der Waals surface area contributed by atoms with Crippen molar-refractivity contribution < 1.29 is 0 Å². The summed E-state index contributed by atoms with van der Waals surface area (Å²) in [6.45, 7) is 12.2. The number of thioether (sulfide) groups is 1. The Bertz CT molecular complexity index is 413. The van der Waals surface area contributed by atoms with Gasteiger partial charge in [0.15, 0.2) is 0 Å². The molecule has 0 aromatic heterocycles. The molecule has 2 nitrogen and oxygen atoms in total. The predicted molar refractivity (Wildman–Crippen MR) is 87.5 cm³/mol. The summed E-state index contributed by atoms with van der Waals surface area (Å²) in [5, 5.41) is 0.768. The highest BCUT2D eigenvalue weighted by molar-refractivity contribution is 8.00. The normalized spacial score (nSPS) is 24.2. The van der Waals surface area contributed by atoms with Crippen LogP contribution < -0.4 is 0 Å². The third-order valence-electron chi connectivity index (χ3n) is 4.26. The molecule has 2 aliphatic heterocycles. The van der Waals surface area contributed by atoms with E-state index in [0.717, 1.165) is 11.2 Å². The zero-order chi connectivity index (χ0) is 13.9. The Hall–Kier alpha value is -0.510. The molecule has 110 valence electrons. The maximum Gasteiger partial charge on any atom is 0.0263 e. The van der Waals surface area contributed by atoms with Crippen LogP contribution in [0, 0.1) is 5.92 Å². The Morgan fingerprint density at radius 1 is 1.10 bits per heavy atom. The molecule has 3 rings (SSSR count). The van der Waals surface area contributed by atoms with Gasteiger partial charge in [0.1, 0.15) is 0 Å². The second-order valence-corrected chi connectivity index (χ2v) is 7.89. The summed E-state index contributed by atoms with van der Waals surface area (Å²) in [5.74, 6) is 0.793. The van der Waals surface area contributed by atoms with E-state index in [1.54, 1.807) is 5.56 Å². The molecule has 1 atom stereocenters.